The topological polar surface area (TPSA) is 12.9 Å². The van der Waals surface area contributed by atoms with Crippen molar-refractivity contribution in [1.29, 1.82) is 0 Å². The van der Waals surface area contributed by atoms with Gasteiger partial charge in [-0.25, -0.2) is 8.78 Å². The van der Waals surface area contributed by atoms with Gasteiger partial charge in [-0.2, -0.15) is 0 Å². The normalized spacial score (nSPS) is 10.5. The van der Waals surface area contributed by atoms with Crippen LogP contribution in [0.2, 0.25) is 0 Å². The van der Waals surface area contributed by atoms with Crippen LogP contribution in [-0.4, -0.2) is 4.98 Å². The van der Waals surface area contributed by atoms with Crippen LogP contribution in [-0.2, 0) is 0 Å². The molecule has 16 heavy (non-hydrogen) atoms. The lowest BCUT2D eigenvalue weighted by molar-refractivity contribution is 0.505. The third-order valence-corrected chi connectivity index (χ3v) is 2.50. The molecule has 0 aliphatic rings. The second-order valence-electron chi connectivity index (χ2n) is 3.75. The predicted octanol–water partition coefficient (Wildman–Crippen LogP) is 3.64. The average molecular weight is 219 g/mol. The minimum Gasteiger partial charge on any atom is -0.261 e. The van der Waals surface area contributed by atoms with Crippen LogP contribution in [0.4, 0.5) is 8.78 Å². The van der Waals surface area contributed by atoms with E-state index in [4.69, 9.17) is 0 Å². The van der Waals surface area contributed by atoms with Crippen LogP contribution >= 0.6 is 0 Å². The zero-order valence-electron chi connectivity index (χ0n) is 9.09. The summed E-state index contributed by atoms with van der Waals surface area (Å²) in [5.74, 6) is -1.61. The Labute approximate surface area is 92.8 Å². The Kier molecular flexibility index (Phi) is 2.69. The molecule has 2 aromatic rings. The third-order valence-electron chi connectivity index (χ3n) is 2.50. The van der Waals surface area contributed by atoms with Crippen molar-refractivity contribution in [2.24, 2.45) is 0 Å². The number of hydrogen-bond acceptors (Lipinski definition) is 1. The van der Waals surface area contributed by atoms with E-state index in [-0.39, 0.29) is 5.56 Å². The summed E-state index contributed by atoms with van der Waals surface area (Å²) in [6.07, 6.45) is 1.54. The zero-order valence-corrected chi connectivity index (χ0v) is 9.09. The molecule has 0 aliphatic heterocycles. The van der Waals surface area contributed by atoms with Gasteiger partial charge in [-0.1, -0.05) is 18.2 Å². The number of halogens is 2. The highest BCUT2D eigenvalue weighted by atomic mass is 19.2. The molecule has 0 saturated carbocycles. The molecule has 82 valence electrons. The number of aromatic nitrogens is 1. The van der Waals surface area contributed by atoms with Crippen LogP contribution in [0.15, 0.2) is 30.5 Å². The van der Waals surface area contributed by atoms with Crippen molar-refractivity contribution >= 4 is 0 Å². The average Bonchev–Trinajstić information content (AvgIpc) is 2.28. The Morgan fingerprint density at radius 2 is 1.69 bits per heavy atom. The van der Waals surface area contributed by atoms with E-state index in [0.29, 0.717) is 11.1 Å². The number of aryl methyl sites for hydroxylation is 2. The maximum absolute atomic E-state index is 13.6. The molecule has 1 aromatic heterocycles. The van der Waals surface area contributed by atoms with Gasteiger partial charge in [0.1, 0.15) is 0 Å². The van der Waals surface area contributed by atoms with Gasteiger partial charge in [0, 0.05) is 23.0 Å². The Bertz CT molecular complexity index is 518. The van der Waals surface area contributed by atoms with Crippen LogP contribution in [0.3, 0.4) is 0 Å². The first kappa shape index (κ1) is 10.7. The predicted molar refractivity (Wildman–Crippen MR) is 59.1 cm³/mol. The van der Waals surface area contributed by atoms with Crippen LogP contribution in [0.25, 0.3) is 11.1 Å². The van der Waals surface area contributed by atoms with Crippen molar-refractivity contribution in [3.8, 4) is 11.1 Å². The van der Waals surface area contributed by atoms with Crippen molar-refractivity contribution in [2.45, 2.75) is 13.8 Å². The molecule has 0 fully saturated rings. The summed E-state index contributed by atoms with van der Waals surface area (Å²) in [4.78, 5) is 4.06. The van der Waals surface area contributed by atoms with Crippen molar-refractivity contribution in [3.63, 3.8) is 0 Å². The summed E-state index contributed by atoms with van der Waals surface area (Å²) in [7, 11) is 0. The second kappa shape index (κ2) is 4.00. The molecule has 0 atom stereocenters. The fraction of sp³-hybridized carbons (Fsp3) is 0.154. The summed E-state index contributed by atoms with van der Waals surface area (Å²) in [5.41, 5.74) is 1.98. The largest absolute Gasteiger partial charge is 0.261 e. The lowest BCUT2D eigenvalue weighted by atomic mass is 10.0. The highest BCUT2D eigenvalue weighted by molar-refractivity contribution is 5.63. The number of pyridine rings is 1. The third kappa shape index (κ3) is 1.81. The second-order valence-corrected chi connectivity index (χ2v) is 3.75. The Hall–Kier alpha value is -1.77. The quantitative estimate of drug-likeness (QED) is 0.713. The molecule has 0 amide bonds. The highest BCUT2D eigenvalue weighted by Crippen LogP contribution is 2.25. The summed E-state index contributed by atoms with van der Waals surface area (Å²) in [6.45, 7) is 3.38. The maximum Gasteiger partial charge on any atom is 0.166 e. The molecule has 2 rings (SSSR count). The van der Waals surface area contributed by atoms with E-state index in [1.807, 2.05) is 6.92 Å². The lowest BCUT2D eigenvalue weighted by Gasteiger charge is -2.06. The first-order chi connectivity index (χ1) is 7.59. The van der Waals surface area contributed by atoms with Crippen molar-refractivity contribution in [1.82, 2.24) is 4.98 Å². The maximum atomic E-state index is 13.6. The molecular formula is C13H11F2N. The van der Waals surface area contributed by atoms with Gasteiger partial charge in [0.15, 0.2) is 11.6 Å². The van der Waals surface area contributed by atoms with Gasteiger partial charge < -0.3 is 0 Å². The fourth-order valence-corrected chi connectivity index (χ4v) is 1.50. The van der Waals surface area contributed by atoms with E-state index < -0.39 is 11.6 Å². The Morgan fingerprint density at radius 1 is 0.938 bits per heavy atom. The van der Waals surface area contributed by atoms with E-state index in [0.717, 1.165) is 5.69 Å². The minimum atomic E-state index is -0.814. The molecule has 0 aliphatic carbocycles. The smallest absolute Gasteiger partial charge is 0.166 e. The van der Waals surface area contributed by atoms with Gasteiger partial charge in [-0.05, 0) is 25.5 Å². The number of rotatable bonds is 1. The van der Waals surface area contributed by atoms with Gasteiger partial charge in [-0.15, -0.1) is 0 Å². The van der Waals surface area contributed by atoms with Crippen molar-refractivity contribution in [2.75, 3.05) is 0 Å². The van der Waals surface area contributed by atoms with Crippen LogP contribution < -0.4 is 0 Å². The van der Waals surface area contributed by atoms with Gasteiger partial charge in [-0.3, -0.25) is 4.98 Å². The summed E-state index contributed by atoms with van der Waals surface area (Å²) in [5, 5.41) is 0. The summed E-state index contributed by atoms with van der Waals surface area (Å²) < 4.78 is 27.0. The minimum absolute atomic E-state index is 0.246. The first-order valence-corrected chi connectivity index (χ1v) is 4.97. The number of nitrogens with zero attached hydrogens (tertiary/aromatic N) is 1. The van der Waals surface area contributed by atoms with E-state index in [2.05, 4.69) is 4.98 Å². The monoisotopic (exact) mass is 219 g/mol. The fourth-order valence-electron chi connectivity index (χ4n) is 1.50. The van der Waals surface area contributed by atoms with Crippen LogP contribution in [0, 0.1) is 25.5 Å². The molecule has 1 heterocycles. The molecule has 3 heteroatoms. The summed E-state index contributed by atoms with van der Waals surface area (Å²) >= 11 is 0. The summed E-state index contributed by atoms with van der Waals surface area (Å²) in [6, 6.07) is 6.63. The van der Waals surface area contributed by atoms with Crippen LogP contribution in [0.1, 0.15) is 11.3 Å². The molecule has 1 aromatic carbocycles. The molecule has 0 N–H and O–H groups in total. The molecular weight excluding hydrogens is 208 g/mol. The molecule has 0 radical (unpaired) electrons. The Morgan fingerprint density at radius 3 is 2.31 bits per heavy atom. The molecule has 0 saturated heterocycles. The number of hydrogen-bond donors (Lipinski definition) is 0. The molecule has 0 bridgehead atoms. The Balaban J connectivity index is 2.57. The molecule has 0 spiro atoms. The van der Waals surface area contributed by atoms with E-state index in [9.17, 15) is 8.78 Å². The van der Waals surface area contributed by atoms with E-state index in [1.165, 1.54) is 6.92 Å². The van der Waals surface area contributed by atoms with Crippen molar-refractivity contribution < 1.29 is 8.78 Å². The van der Waals surface area contributed by atoms with E-state index >= 15 is 0 Å². The van der Waals surface area contributed by atoms with Gasteiger partial charge in [0.05, 0.1) is 0 Å². The van der Waals surface area contributed by atoms with E-state index in [1.54, 1.807) is 30.5 Å². The van der Waals surface area contributed by atoms with Gasteiger partial charge in [0.2, 0.25) is 0 Å². The standard InChI is InChI=1S/C13H11F2N/c1-8-3-6-11(13(15)12(8)14)10-5-4-9(2)16-7-10/h3-7H,1-2H3. The SMILES string of the molecule is Cc1ccc(-c2ccc(C)c(F)c2F)cn1. The van der Waals surface area contributed by atoms with Gasteiger partial charge >= 0.3 is 0 Å². The first-order valence-electron chi connectivity index (χ1n) is 4.97. The zero-order chi connectivity index (χ0) is 11.7. The number of benzene rings is 1. The highest BCUT2D eigenvalue weighted by Gasteiger charge is 2.12. The van der Waals surface area contributed by atoms with Crippen LogP contribution in [0.5, 0.6) is 0 Å². The molecule has 1 nitrogen and oxygen atoms in total. The molecule has 0 unspecified atom stereocenters. The lowest BCUT2D eigenvalue weighted by Crippen LogP contribution is -1.93. The van der Waals surface area contributed by atoms with Gasteiger partial charge in [0.25, 0.3) is 0 Å². The van der Waals surface area contributed by atoms with Crippen molar-refractivity contribution in [3.05, 3.63) is 53.4 Å².